The van der Waals surface area contributed by atoms with Gasteiger partial charge in [-0.15, -0.1) is 0 Å². The zero-order chi connectivity index (χ0) is 15.1. The first-order valence-electron chi connectivity index (χ1n) is 7.90. The van der Waals surface area contributed by atoms with Crippen molar-refractivity contribution in [2.75, 3.05) is 50.1 Å². The Morgan fingerprint density at radius 3 is 2.55 bits per heavy atom. The van der Waals surface area contributed by atoms with Crippen molar-refractivity contribution in [3.63, 3.8) is 0 Å². The molecule has 6 nitrogen and oxygen atoms in total. The first-order valence-corrected chi connectivity index (χ1v) is 7.90. The van der Waals surface area contributed by atoms with Crippen LogP contribution in [0, 0.1) is 0 Å². The number of amides is 1. The molecular formula is C16H21N3O3. The highest BCUT2D eigenvalue weighted by Gasteiger charge is 2.33. The lowest BCUT2D eigenvalue weighted by Crippen LogP contribution is -2.50. The van der Waals surface area contributed by atoms with Crippen LogP contribution in [0.25, 0.3) is 0 Å². The molecule has 1 aromatic rings. The van der Waals surface area contributed by atoms with E-state index in [0.717, 1.165) is 48.8 Å². The van der Waals surface area contributed by atoms with E-state index < -0.39 is 0 Å². The molecule has 3 aliphatic rings. The first-order chi connectivity index (χ1) is 10.7. The maximum absolute atomic E-state index is 12.5. The highest BCUT2D eigenvalue weighted by molar-refractivity contribution is 6.03. The Morgan fingerprint density at radius 2 is 1.82 bits per heavy atom. The highest BCUT2D eigenvalue weighted by Crippen LogP contribution is 2.42. The van der Waals surface area contributed by atoms with Gasteiger partial charge in [-0.3, -0.25) is 4.79 Å². The van der Waals surface area contributed by atoms with Gasteiger partial charge >= 0.3 is 0 Å². The zero-order valence-electron chi connectivity index (χ0n) is 12.8. The maximum Gasteiger partial charge on any atom is 0.246 e. The van der Waals surface area contributed by atoms with Crippen LogP contribution in [0.1, 0.15) is 12.8 Å². The third-order valence-corrected chi connectivity index (χ3v) is 4.67. The van der Waals surface area contributed by atoms with Crippen molar-refractivity contribution in [3.8, 4) is 11.5 Å². The van der Waals surface area contributed by atoms with E-state index in [1.165, 1.54) is 0 Å². The number of hydrogen-bond donors (Lipinski definition) is 1. The van der Waals surface area contributed by atoms with E-state index in [9.17, 15) is 4.79 Å². The molecule has 0 unspecified atom stereocenters. The Kier molecular flexibility index (Phi) is 3.33. The third-order valence-electron chi connectivity index (χ3n) is 4.67. The molecule has 1 saturated heterocycles. The van der Waals surface area contributed by atoms with Crippen molar-refractivity contribution in [3.05, 3.63) is 12.1 Å². The number of carbonyl (C=O) groups excluding carboxylic acids is 1. The quantitative estimate of drug-likeness (QED) is 0.848. The van der Waals surface area contributed by atoms with E-state index in [4.69, 9.17) is 9.47 Å². The van der Waals surface area contributed by atoms with Gasteiger partial charge in [-0.1, -0.05) is 0 Å². The molecule has 22 heavy (non-hydrogen) atoms. The van der Waals surface area contributed by atoms with Gasteiger partial charge in [0.15, 0.2) is 11.5 Å². The molecule has 118 valence electrons. The predicted molar refractivity (Wildman–Crippen MR) is 83.9 cm³/mol. The van der Waals surface area contributed by atoms with Crippen molar-refractivity contribution < 1.29 is 14.3 Å². The lowest BCUT2D eigenvalue weighted by Gasteiger charge is -2.40. The predicted octanol–water partition coefficient (Wildman–Crippen LogP) is 1.31. The lowest BCUT2D eigenvalue weighted by molar-refractivity contribution is -0.117. The van der Waals surface area contributed by atoms with Crippen molar-refractivity contribution in [2.24, 2.45) is 0 Å². The summed E-state index contributed by atoms with van der Waals surface area (Å²) < 4.78 is 11.3. The van der Waals surface area contributed by atoms with Crippen LogP contribution in [0.4, 0.5) is 11.4 Å². The maximum atomic E-state index is 12.5. The normalized spacial score (nSPS) is 22.2. The van der Waals surface area contributed by atoms with Crippen molar-refractivity contribution >= 4 is 17.3 Å². The summed E-state index contributed by atoms with van der Waals surface area (Å²) in [7, 11) is 2.13. The number of anilines is 2. The van der Waals surface area contributed by atoms with E-state index in [1.54, 1.807) is 0 Å². The molecule has 0 atom stereocenters. The van der Waals surface area contributed by atoms with E-state index in [1.807, 2.05) is 17.0 Å². The van der Waals surface area contributed by atoms with Crippen molar-refractivity contribution in [1.82, 2.24) is 4.90 Å². The molecule has 1 aromatic carbocycles. The molecule has 6 heteroatoms. The van der Waals surface area contributed by atoms with Crippen LogP contribution in [0.15, 0.2) is 12.1 Å². The molecule has 0 aromatic heterocycles. The van der Waals surface area contributed by atoms with Gasteiger partial charge in [-0.2, -0.15) is 0 Å². The fraction of sp³-hybridized carbons (Fsp3) is 0.562. The minimum atomic E-state index is 0.138. The van der Waals surface area contributed by atoms with Gasteiger partial charge in [0.25, 0.3) is 0 Å². The molecule has 0 radical (unpaired) electrons. The summed E-state index contributed by atoms with van der Waals surface area (Å²) in [4.78, 5) is 16.8. The molecule has 3 aliphatic heterocycles. The molecule has 0 bridgehead atoms. The van der Waals surface area contributed by atoms with Crippen LogP contribution in [-0.2, 0) is 4.79 Å². The van der Waals surface area contributed by atoms with Gasteiger partial charge in [-0.25, -0.2) is 0 Å². The average molecular weight is 303 g/mol. The number of fused-ring (bicyclic) bond motifs is 2. The van der Waals surface area contributed by atoms with E-state index >= 15 is 0 Å². The van der Waals surface area contributed by atoms with Gasteiger partial charge in [0.1, 0.15) is 13.2 Å². The summed E-state index contributed by atoms with van der Waals surface area (Å²) in [5.74, 6) is 1.63. The Bertz CT molecular complexity index is 597. The Labute approximate surface area is 130 Å². The molecule has 1 fully saturated rings. The van der Waals surface area contributed by atoms with Gasteiger partial charge in [0, 0.05) is 18.2 Å². The van der Waals surface area contributed by atoms with Gasteiger partial charge in [-0.05, 0) is 33.0 Å². The van der Waals surface area contributed by atoms with Crippen molar-refractivity contribution in [1.29, 1.82) is 0 Å². The van der Waals surface area contributed by atoms with Crippen LogP contribution >= 0.6 is 0 Å². The Morgan fingerprint density at radius 1 is 1.14 bits per heavy atom. The monoisotopic (exact) mass is 303 g/mol. The minimum absolute atomic E-state index is 0.138. The lowest BCUT2D eigenvalue weighted by atomic mass is 10.0. The summed E-state index contributed by atoms with van der Waals surface area (Å²) in [5.41, 5.74) is 1.89. The molecular weight excluding hydrogens is 282 g/mol. The van der Waals surface area contributed by atoms with Crippen LogP contribution < -0.4 is 19.7 Å². The SMILES string of the molecule is CN1CCC(N2C(=O)CNc3cc4c(cc32)OCCO4)CC1. The number of nitrogens with one attached hydrogen (secondary N) is 1. The molecule has 1 N–H and O–H groups in total. The van der Waals surface area contributed by atoms with Crippen LogP contribution in [0.3, 0.4) is 0 Å². The number of rotatable bonds is 1. The van der Waals surface area contributed by atoms with Crippen LogP contribution in [0.5, 0.6) is 11.5 Å². The van der Waals surface area contributed by atoms with Crippen LogP contribution in [-0.4, -0.2) is 56.7 Å². The number of benzene rings is 1. The second-order valence-electron chi connectivity index (χ2n) is 6.16. The first kappa shape index (κ1) is 13.7. The number of ether oxygens (including phenoxy) is 2. The smallest absolute Gasteiger partial charge is 0.246 e. The molecule has 0 aliphatic carbocycles. The second kappa shape index (κ2) is 5.35. The number of carbonyl (C=O) groups is 1. The van der Waals surface area contributed by atoms with Gasteiger partial charge < -0.3 is 24.6 Å². The number of likely N-dealkylation sites (tertiary alicyclic amines) is 1. The van der Waals surface area contributed by atoms with Crippen LogP contribution in [0.2, 0.25) is 0 Å². The standard InChI is InChI=1S/C16H21N3O3/c1-18-4-2-11(3-5-18)19-13-9-15-14(21-6-7-22-15)8-12(13)17-10-16(19)20/h8-9,11,17H,2-7,10H2,1H3. The zero-order valence-corrected chi connectivity index (χ0v) is 12.8. The fourth-order valence-electron chi connectivity index (χ4n) is 3.46. The number of nitrogens with zero attached hydrogens (tertiary/aromatic N) is 2. The minimum Gasteiger partial charge on any atom is -0.486 e. The van der Waals surface area contributed by atoms with E-state index in [-0.39, 0.29) is 11.9 Å². The number of piperidine rings is 1. The molecule has 1 amide bonds. The number of hydrogen-bond acceptors (Lipinski definition) is 5. The summed E-state index contributed by atoms with van der Waals surface area (Å²) in [5, 5.41) is 3.20. The van der Waals surface area contributed by atoms with Gasteiger partial charge in [0.05, 0.1) is 17.9 Å². The third kappa shape index (κ3) is 2.27. The summed E-state index contributed by atoms with van der Waals surface area (Å²) in [6.07, 6.45) is 2.02. The molecule has 0 spiro atoms. The van der Waals surface area contributed by atoms with E-state index in [2.05, 4.69) is 17.3 Å². The highest BCUT2D eigenvalue weighted by atomic mass is 16.6. The summed E-state index contributed by atoms with van der Waals surface area (Å²) >= 11 is 0. The largest absolute Gasteiger partial charge is 0.486 e. The van der Waals surface area contributed by atoms with Gasteiger partial charge in [0.2, 0.25) is 5.91 Å². The molecule has 0 saturated carbocycles. The summed E-state index contributed by atoms with van der Waals surface area (Å²) in [6.45, 7) is 3.54. The molecule has 3 heterocycles. The topological polar surface area (TPSA) is 54.0 Å². The van der Waals surface area contributed by atoms with E-state index in [0.29, 0.717) is 19.8 Å². The Hall–Kier alpha value is -1.95. The van der Waals surface area contributed by atoms with Crippen molar-refractivity contribution in [2.45, 2.75) is 18.9 Å². The fourth-order valence-corrected chi connectivity index (χ4v) is 3.46. The summed E-state index contributed by atoms with van der Waals surface area (Å²) in [6, 6.07) is 4.18. The Balaban J connectivity index is 1.69. The molecule has 4 rings (SSSR count). The second-order valence-corrected chi connectivity index (χ2v) is 6.16. The average Bonchev–Trinajstić information content (AvgIpc) is 2.54.